The Morgan fingerprint density at radius 1 is 1.50 bits per heavy atom. The first-order valence-corrected chi connectivity index (χ1v) is 7.50. The average Bonchev–Trinajstić information content (AvgIpc) is 2.89. The Balaban J connectivity index is 2.26. The number of carbonyl (C=O) groups excluding carboxylic acids is 1. The molecule has 1 aromatic heterocycles. The molecule has 22 heavy (non-hydrogen) atoms. The minimum absolute atomic E-state index is 0.273. The largest absolute Gasteiger partial charge is 0.468 e. The average molecular weight is 302 g/mol. The smallest absolute Gasteiger partial charge is 0.323 e. The Hall–Kier alpha value is -1.85. The highest BCUT2D eigenvalue weighted by Gasteiger charge is 2.48. The number of hydrogen-bond donors (Lipinski definition) is 2. The molecule has 0 unspecified atom stereocenters. The molecule has 0 radical (unpaired) electrons. The maximum atomic E-state index is 12.2. The van der Waals surface area contributed by atoms with Gasteiger partial charge in [0.2, 0.25) is 0 Å². The van der Waals surface area contributed by atoms with Crippen LogP contribution >= 0.6 is 0 Å². The first kappa shape index (κ1) is 15.1. The SMILES string of the molecule is COC(=O)[C@@H]1Cc2c([nH]c3ccccc23)[C@@](C)([C@H](C)O)N1C. The summed E-state index contributed by atoms with van der Waals surface area (Å²) in [5.41, 5.74) is 2.42. The van der Waals surface area contributed by atoms with Crippen molar-refractivity contribution in [1.82, 2.24) is 9.88 Å². The Bertz CT molecular complexity index is 722. The summed E-state index contributed by atoms with van der Waals surface area (Å²) in [6, 6.07) is 7.62. The molecule has 0 saturated carbocycles. The van der Waals surface area contributed by atoms with E-state index in [1.165, 1.54) is 7.11 Å². The second-order valence-corrected chi connectivity index (χ2v) is 6.20. The quantitative estimate of drug-likeness (QED) is 0.830. The van der Waals surface area contributed by atoms with Crippen LogP contribution in [0.5, 0.6) is 0 Å². The molecule has 1 aliphatic heterocycles. The number of carbonyl (C=O) groups is 1. The lowest BCUT2D eigenvalue weighted by atomic mass is 9.80. The Kier molecular flexibility index (Phi) is 3.50. The zero-order chi connectivity index (χ0) is 16.1. The number of methoxy groups -OCH3 is 1. The number of ether oxygens (including phenoxy) is 1. The van der Waals surface area contributed by atoms with Gasteiger partial charge in [-0.25, -0.2) is 0 Å². The predicted octanol–water partition coefficient (Wildman–Crippen LogP) is 1.79. The number of aliphatic hydroxyl groups excluding tert-OH is 1. The van der Waals surface area contributed by atoms with Gasteiger partial charge in [-0.15, -0.1) is 0 Å². The van der Waals surface area contributed by atoms with Crippen LogP contribution in [0, 0.1) is 0 Å². The maximum Gasteiger partial charge on any atom is 0.323 e. The van der Waals surface area contributed by atoms with Crippen LogP contribution in [-0.4, -0.2) is 47.3 Å². The summed E-state index contributed by atoms with van der Waals surface area (Å²) in [5, 5.41) is 11.5. The lowest BCUT2D eigenvalue weighted by Gasteiger charge is -2.47. The van der Waals surface area contributed by atoms with Gasteiger partial charge in [-0.2, -0.15) is 0 Å². The molecule has 118 valence electrons. The second kappa shape index (κ2) is 5.11. The number of fused-ring (bicyclic) bond motifs is 3. The number of para-hydroxylation sites is 1. The van der Waals surface area contributed by atoms with Gasteiger partial charge in [-0.3, -0.25) is 9.69 Å². The maximum absolute atomic E-state index is 12.2. The van der Waals surface area contributed by atoms with Crippen molar-refractivity contribution >= 4 is 16.9 Å². The lowest BCUT2D eigenvalue weighted by molar-refractivity contribution is -0.152. The molecule has 1 aliphatic rings. The first-order valence-electron chi connectivity index (χ1n) is 7.50. The van der Waals surface area contributed by atoms with E-state index in [0.717, 1.165) is 22.2 Å². The highest BCUT2D eigenvalue weighted by Crippen LogP contribution is 2.42. The summed E-state index contributed by atoms with van der Waals surface area (Å²) in [4.78, 5) is 17.6. The van der Waals surface area contributed by atoms with Crippen LogP contribution in [-0.2, 0) is 21.5 Å². The summed E-state index contributed by atoms with van der Waals surface area (Å²) >= 11 is 0. The van der Waals surface area contributed by atoms with E-state index < -0.39 is 17.7 Å². The fraction of sp³-hybridized carbons (Fsp3) is 0.471. The van der Waals surface area contributed by atoms with Gasteiger partial charge >= 0.3 is 5.97 Å². The van der Waals surface area contributed by atoms with Crippen LogP contribution in [0.3, 0.4) is 0 Å². The molecule has 0 bridgehead atoms. The molecule has 0 amide bonds. The van der Waals surface area contributed by atoms with Crippen molar-refractivity contribution in [3.63, 3.8) is 0 Å². The zero-order valence-electron chi connectivity index (χ0n) is 13.4. The normalized spacial score (nSPS) is 26.7. The first-order chi connectivity index (χ1) is 10.4. The molecule has 2 heterocycles. The van der Waals surface area contributed by atoms with Gasteiger partial charge in [0.1, 0.15) is 6.04 Å². The minimum atomic E-state index is -0.675. The summed E-state index contributed by atoms with van der Waals surface area (Å²) in [6.07, 6.45) is -0.0676. The summed E-state index contributed by atoms with van der Waals surface area (Å²) < 4.78 is 4.96. The summed E-state index contributed by atoms with van der Waals surface area (Å²) in [7, 11) is 3.27. The van der Waals surface area contributed by atoms with Crippen molar-refractivity contribution in [2.24, 2.45) is 0 Å². The fourth-order valence-electron chi connectivity index (χ4n) is 3.56. The molecular weight excluding hydrogens is 280 g/mol. The standard InChI is InChI=1S/C17H22N2O3/c1-10(20)17(2)15-12(9-14(19(17)3)16(21)22-4)11-7-5-6-8-13(11)18-15/h5-8,10,14,18,20H,9H2,1-4H3/t10-,14-,17+/m0/s1. The third-order valence-electron chi connectivity index (χ3n) is 5.20. The van der Waals surface area contributed by atoms with E-state index in [1.54, 1.807) is 6.92 Å². The molecule has 0 spiro atoms. The van der Waals surface area contributed by atoms with Gasteiger partial charge in [-0.1, -0.05) is 18.2 Å². The Labute approximate surface area is 129 Å². The molecule has 3 atom stereocenters. The molecule has 3 rings (SSSR count). The lowest BCUT2D eigenvalue weighted by Crippen LogP contribution is -2.59. The van der Waals surface area contributed by atoms with Crippen molar-refractivity contribution in [3.8, 4) is 0 Å². The number of benzene rings is 1. The molecule has 5 nitrogen and oxygen atoms in total. The van der Waals surface area contributed by atoms with E-state index in [0.29, 0.717) is 6.42 Å². The number of aromatic amines is 1. The summed E-state index contributed by atoms with van der Waals surface area (Å²) in [6.45, 7) is 3.71. The van der Waals surface area contributed by atoms with E-state index in [1.807, 2.05) is 43.1 Å². The Morgan fingerprint density at radius 3 is 2.82 bits per heavy atom. The highest BCUT2D eigenvalue weighted by atomic mass is 16.5. The third kappa shape index (κ3) is 1.89. The van der Waals surface area contributed by atoms with E-state index in [9.17, 15) is 9.90 Å². The van der Waals surface area contributed by atoms with Crippen molar-refractivity contribution < 1.29 is 14.6 Å². The van der Waals surface area contributed by atoms with Crippen molar-refractivity contribution in [2.45, 2.75) is 38.0 Å². The number of likely N-dealkylation sites (N-methyl/N-ethyl adjacent to an activating group) is 1. The van der Waals surface area contributed by atoms with Gasteiger partial charge in [0, 0.05) is 23.0 Å². The van der Waals surface area contributed by atoms with Crippen molar-refractivity contribution in [2.75, 3.05) is 14.2 Å². The molecule has 0 fully saturated rings. The molecule has 0 aliphatic carbocycles. The van der Waals surface area contributed by atoms with E-state index in [4.69, 9.17) is 4.74 Å². The van der Waals surface area contributed by atoms with Crippen LogP contribution in [0.25, 0.3) is 10.9 Å². The number of aliphatic hydroxyl groups is 1. The number of aromatic nitrogens is 1. The third-order valence-corrected chi connectivity index (χ3v) is 5.20. The number of hydrogen-bond acceptors (Lipinski definition) is 4. The monoisotopic (exact) mass is 302 g/mol. The van der Waals surface area contributed by atoms with Crippen LogP contribution < -0.4 is 0 Å². The molecule has 1 aromatic carbocycles. The number of rotatable bonds is 2. The molecule has 5 heteroatoms. The van der Waals surface area contributed by atoms with E-state index >= 15 is 0 Å². The van der Waals surface area contributed by atoms with Crippen LogP contribution in [0.15, 0.2) is 24.3 Å². The Morgan fingerprint density at radius 2 is 2.18 bits per heavy atom. The molecule has 0 saturated heterocycles. The van der Waals surface area contributed by atoms with Crippen molar-refractivity contribution in [3.05, 3.63) is 35.5 Å². The molecule has 2 N–H and O–H groups in total. The topological polar surface area (TPSA) is 65.6 Å². The van der Waals surface area contributed by atoms with Gasteiger partial charge in [0.25, 0.3) is 0 Å². The second-order valence-electron chi connectivity index (χ2n) is 6.20. The molecule has 2 aromatic rings. The van der Waals surface area contributed by atoms with E-state index in [-0.39, 0.29) is 5.97 Å². The van der Waals surface area contributed by atoms with Gasteiger partial charge in [0.15, 0.2) is 0 Å². The molecular formula is C17H22N2O3. The van der Waals surface area contributed by atoms with Crippen LogP contribution in [0.1, 0.15) is 25.1 Å². The van der Waals surface area contributed by atoms with Gasteiger partial charge < -0.3 is 14.8 Å². The minimum Gasteiger partial charge on any atom is -0.468 e. The highest BCUT2D eigenvalue weighted by molar-refractivity contribution is 5.87. The van der Waals surface area contributed by atoms with Crippen molar-refractivity contribution in [1.29, 1.82) is 0 Å². The van der Waals surface area contributed by atoms with Crippen LogP contribution in [0.4, 0.5) is 0 Å². The number of nitrogens with zero attached hydrogens (tertiary/aromatic N) is 1. The zero-order valence-corrected chi connectivity index (χ0v) is 13.4. The number of H-pyrrole nitrogens is 1. The predicted molar refractivity (Wildman–Crippen MR) is 84.6 cm³/mol. The van der Waals surface area contributed by atoms with Crippen LogP contribution in [0.2, 0.25) is 0 Å². The van der Waals surface area contributed by atoms with E-state index in [2.05, 4.69) is 4.98 Å². The number of nitrogens with one attached hydrogen (secondary N) is 1. The number of esters is 1. The summed E-state index contributed by atoms with van der Waals surface area (Å²) in [5.74, 6) is -0.273. The fourth-order valence-corrected chi connectivity index (χ4v) is 3.56. The van der Waals surface area contributed by atoms with Gasteiger partial charge in [-0.05, 0) is 32.5 Å². The van der Waals surface area contributed by atoms with Gasteiger partial charge in [0.05, 0.1) is 18.8 Å².